The van der Waals surface area contributed by atoms with Crippen molar-refractivity contribution in [3.63, 3.8) is 0 Å². The fourth-order valence-corrected chi connectivity index (χ4v) is 4.78. The Bertz CT molecular complexity index is 1370. The van der Waals surface area contributed by atoms with Crippen molar-refractivity contribution in [2.45, 2.75) is 0 Å². The molecule has 0 saturated carbocycles. The van der Waals surface area contributed by atoms with Crippen LogP contribution in [-0.4, -0.2) is 28.0 Å². The van der Waals surface area contributed by atoms with Gasteiger partial charge in [-0.2, -0.15) is 0 Å². The van der Waals surface area contributed by atoms with Crippen molar-refractivity contribution in [1.29, 1.82) is 0 Å². The normalized spacial score (nSPS) is 10.6. The van der Waals surface area contributed by atoms with Crippen molar-refractivity contribution in [2.24, 2.45) is 0 Å². The first-order valence-corrected chi connectivity index (χ1v) is 11.8. The van der Waals surface area contributed by atoms with Crippen molar-refractivity contribution in [1.82, 2.24) is 10.3 Å². The Balaban J connectivity index is 1.56. The third-order valence-electron chi connectivity index (χ3n) is 4.62. The Morgan fingerprint density at radius 1 is 1.18 bits per heavy atom. The summed E-state index contributed by atoms with van der Waals surface area (Å²) in [7, 11) is 1.32. The summed E-state index contributed by atoms with van der Waals surface area (Å²) in [5.41, 5.74) is 2.21. The number of carbonyl (C=O) groups excluding carboxylic acids is 1. The number of benzene rings is 3. The molecule has 166 valence electrons. The molecule has 0 aliphatic heterocycles. The van der Waals surface area contributed by atoms with E-state index in [1.807, 2.05) is 42.5 Å². The molecule has 0 fully saturated rings. The number of nitrogens with zero attached hydrogens (tertiary/aromatic N) is 2. The third kappa shape index (κ3) is 5.10. The van der Waals surface area contributed by atoms with Gasteiger partial charge in [0.15, 0.2) is 10.9 Å². The molecule has 0 saturated heterocycles. The molecule has 4 rings (SSSR count). The summed E-state index contributed by atoms with van der Waals surface area (Å²) < 4.78 is 7.06. The number of fused-ring (bicyclic) bond motifs is 1. The van der Waals surface area contributed by atoms with Gasteiger partial charge in [0.25, 0.3) is 5.91 Å². The lowest BCUT2D eigenvalue weighted by Crippen LogP contribution is -2.34. The summed E-state index contributed by atoms with van der Waals surface area (Å²) in [6, 6.07) is 17.6. The van der Waals surface area contributed by atoms with Gasteiger partial charge in [0.05, 0.1) is 27.9 Å². The maximum absolute atomic E-state index is 12.6. The van der Waals surface area contributed by atoms with Gasteiger partial charge in [-0.1, -0.05) is 12.1 Å². The Morgan fingerprint density at radius 2 is 1.97 bits per heavy atom. The highest BCUT2D eigenvalue weighted by Gasteiger charge is 2.19. The van der Waals surface area contributed by atoms with Crippen molar-refractivity contribution < 1.29 is 14.5 Å². The molecule has 0 spiro atoms. The number of anilines is 1. The number of thiocarbonyl (C=S) groups is 1. The zero-order valence-electron chi connectivity index (χ0n) is 17.0. The van der Waals surface area contributed by atoms with Crippen LogP contribution >= 0.6 is 46.1 Å². The molecule has 0 aliphatic rings. The van der Waals surface area contributed by atoms with E-state index in [1.54, 1.807) is 11.3 Å². The molecule has 1 heterocycles. The van der Waals surface area contributed by atoms with E-state index in [1.165, 1.54) is 19.2 Å². The van der Waals surface area contributed by atoms with Crippen LogP contribution in [0.3, 0.4) is 0 Å². The van der Waals surface area contributed by atoms with Gasteiger partial charge >= 0.3 is 5.69 Å². The number of rotatable bonds is 5. The second-order valence-corrected chi connectivity index (χ2v) is 9.41. The molecule has 0 radical (unpaired) electrons. The summed E-state index contributed by atoms with van der Waals surface area (Å²) in [5, 5.41) is 17.7. The first-order valence-electron chi connectivity index (χ1n) is 9.46. The quantitative estimate of drug-likeness (QED) is 0.135. The molecule has 0 bridgehead atoms. The van der Waals surface area contributed by atoms with Crippen LogP contribution in [0.4, 0.5) is 11.4 Å². The van der Waals surface area contributed by atoms with Crippen molar-refractivity contribution in [3.8, 4) is 16.3 Å². The van der Waals surface area contributed by atoms with E-state index >= 15 is 0 Å². The van der Waals surface area contributed by atoms with Gasteiger partial charge in [0, 0.05) is 20.8 Å². The molecule has 4 aromatic rings. The Labute approximate surface area is 211 Å². The van der Waals surface area contributed by atoms with E-state index in [4.69, 9.17) is 21.9 Å². The van der Waals surface area contributed by atoms with E-state index in [-0.39, 0.29) is 22.1 Å². The highest BCUT2D eigenvalue weighted by molar-refractivity contribution is 14.1. The maximum Gasteiger partial charge on any atom is 0.311 e. The van der Waals surface area contributed by atoms with Crippen molar-refractivity contribution in [3.05, 3.63) is 79.9 Å². The predicted molar refractivity (Wildman–Crippen MR) is 141 cm³/mol. The number of halogens is 1. The summed E-state index contributed by atoms with van der Waals surface area (Å²) in [6.45, 7) is 0. The Morgan fingerprint density at radius 3 is 2.70 bits per heavy atom. The molecule has 0 atom stereocenters. The number of para-hydroxylation sites is 1. The number of nitrogens with one attached hydrogen (secondary N) is 2. The number of hydrogen-bond acceptors (Lipinski definition) is 7. The molecule has 3 aromatic carbocycles. The number of nitro benzene ring substituents is 1. The van der Waals surface area contributed by atoms with Crippen molar-refractivity contribution in [2.75, 3.05) is 12.4 Å². The van der Waals surface area contributed by atoms with E-state index in [0.29, 0.717) is 5.69 Å². The average Bonchev–Trinajstić information content (AvgIpc) is 3.23. The number of aromatic nitrogens is 1. The van der Waals surface area contributed by atoms with Crippen LogP contribution in [0, 0.1) is 13.7 Å². The zero-order valence-corrected chi connectivity index (χ0v) is 20.8. The number of ether oxygens (including phenoxy) is 1. The number of methoxy groups -OCH3 is 1. The zero-order chi connectivity index (χ0) is 23.5. The van der Waals surface area contributed by atoms with Gasteiger partial charge in [-0.15, -0.1) is 11.3 Å². The SMILES string of the molecule is COc1ccc(C(=O)NC(=S)Nc2ccc(I)cc2-c2nc3ccccc3s2)cc1[N+](=O)[O-]. The number of hydrogen-bond donors (Lipinski definition) is 2. The second-order valence-electron chi connectivity index (χ2n) is 6.73. The van der Waals surface area contributed by atoms with Crippen LogP contribution in [0.15, 0.2) is 60.7 Å². The van der Waals surface area contributed by atoms with Gasteiger partial charge < -0.3 is 10.1 Å². The fourth-order valence-electron chi connectivity index (χ4n) is 3.09. The summed E-state index contributed by atoms with van der Waals surface area (Å²) >= 11 is 9.11. The molecule has 1 amide bonds. The van der Waals surface area contributed by atoms with Crippen LogP contribution in [0.25, 0.3) is 20.8 Å². The predicted octanol–water partition coefficient (Wildman–Crippen LogP) is 5.61. The van der Waals surface area contributed by atoms with Crippen LogP contribution in [0.1, 0.15) is 10.4 Å². The summed E-state index contributed by atoms with van der Waals surface area (Å²) in [5.74, 6) is -0.512. The second kappa shape index (κ2) is 9.77. The number of amides is 1. The van der Waals surface area contributed by atoms with Gasteiger partial charge in [-0.25, -0.2) is 4.98 Å². The molecule has 33 heavy (non-hydrogen) atoms. The topological polar surface area (TPSA) is 106 Å². The number of carbonyl (C=O) groups is 1. The highest BCUT2D eigenvalue weighted by Crippen LogP contribution is 2.35. The molecule has 0 aliphatic carbocycles. The molecule has 11 heteroatoms. The molecular formula is C22H15IN4O4S2. The molecule has 8 nitrogen and oxygen atoms in total. The molecule has 2 N–H and O–H groups in total. The fraction of sp³-hybridized carbons (Fsp3) is 0.0455. The van der Waals surface area contributed by atoms with Gasteiger partial charge in [0.2, 0.25) is 0 Å². The largest absolute Gasteiger partial charge is 0.490 e. The van der Waals surface area contributed by atoms with Crippen LogP contribution < -0.4 is 15.4 Å². The van der Waals surface area contributed by atoms with Crippen molar-refractivity contribution >= 4 is 78.8 Å². The van der Waals surface area contributed by atoms with Crippen LogP contribution in [-0.2, 0) is 0 Å². The standard InChI is InChI=1S/C22H15IN4O4S2/c1-31-18-9-6-12(10-17(18)27(29)30)20(28)26-22(32)25-15-8-7-13(23)11-14(15)21-24-16-4-2-3-5-19(16)33-21/h2-11H,1H3,(H2,25,26,28,32). The van der Waals surface area contributed by atoms with Gasteiger partial charge in [-0.05, 0) is 77.3 Å². The average molecular weight is 590 g/mol. The van der Waals surface area contributed by atoms with E-state index in [9.17, 15) is 14.9 Å². The van der Waals surface area contributed by atoms with E-state index < -0.39 is 10.8 Å². The summed E-state index contributed by atoms with van der Waals surface area (Å²) in [6.07, 6.45) is 0. The summed E-state index contributed by atoms with van der Waals surface area (Å²) in [4.78, 5) is 28.0. The minimum Gasteiger partial charge on any atom is -0.490 e. The smallest absolute Gasteiger partial charge is 0.311 e. The maximum atomic E-state index is 12.6. The minimum absolute atomic E-state index is 0.0574. The van der Waals surface area contributed by atoms with E-state index in [2.05, 4.69) is 33.2 Å². The van der Waals surface area contributed by atoms with Crippen LogP contribution in [0.2, 0.25) is 0 Å². The van der Waals surface area contributed by atoms with E-state index in [0.717, 1.165) is 30.4 Å². The third-order valence-corrected chi connectivity index (χ3v) is 6.56. The monoisotopic (exact) mass is 590 g/mol. The first kappa shape index (κ1) is 23.0. The highest BCUT2D eigenvalue weighted by atomic mass is 127. The lowest BCUT2D eigenvalue weighted by atomic mass is 10.1. The van der Waals surface area contributed by atoms with Gasteiger partial charge in [-0.3, -0.25) is 20.2 Å². The Hall–Kier alpha value is -3.16. The molecular weight excluding hydrogens is 575 g/mol. The minimum atomic E-state index is -0.609. The number of nitro groups is 1. The molecule has 1 aromatic heterocycles. The Kier molecular flexibility index (Phi) is 6.81. The van der Waals surface area contributed by atoms with Gasteiger partial charge in [0.1, 0.15) is 5.01 Å². The molecule has 0 unspecified atom stereocenters. The lowest BCUT2D eigenvalue weighted by Gasteiger charge is -2.13. The lowest BCUT2D eigenvalue weighted by molar-refractivity contribution is -0.385. The van der Waals surface area contributed by atoms with Crippen LogP contribution in [0.5, 0.6) is 5.75 Å². The first-order chi connectivity index (χ1) is 15.9. The number of thiazole rings is 1.